The molecule has 0 radical (unpaired) electrons. The zero-order chi connectivity index (χ0) is 14.5. The van der Waals surface area contributed by atoms with Gasteiger partial charge in [-0.2, -0.15) is 0 Å². The van der Waals surface area contributed by atoms with Gasteiger partial charge in [-0.15, -0.1) is 0 Å². The summed E-state index contributed by atoms with van der Waals surface area (Å²) in [5, 5.41) is 3.38. The molecule has 0 saturated carbocycles. The lowest BCUT2D eigenvalue weighted by molar-refractivity contribution is 0.306. The second-order valence-corrected chi connectivity index (χ2v) is 5.51. The minimum Gasteiger partial charge on any atom is -0.489 e. The topological polar surface area (TPSA) is 24.5 Å². The Morgan fingerprint density at radius 3 is 2.67 bits per heavy atom. The van der Waals surface area contributed by atoms with Crippen LogP contribution >= 0.6 is 0 Å². The maximum atomic E-state index is 5.94. The van der Waals surface area contributed by atoms with Crippen LogP contribution in [0.25, 0.3) is 0 Å². The lowest BCUT2D eigenvalue weighted by Gasteiger charge is -2.29. The van der Waals surface area contributed by atoms with E-state index in [4.69, 9.17) is 4.74 Å². The van der Waals surface area contributed by atoms with Gasteiger partial charge in [0.2, 0.25) is 0 Å². The van der Waals surface area contributed by atoms with E-state index in [-0.39, 0.29) is 0 Å². The standard InChI is InChI=1S/C18H22N2O/c1-15-4-2-5-16(12-15)14-21-18-7-3-6-17(13-18)20-10-8-19-9-11-20/h2-7,12-13,19H,8-11,14H2,1H3. The van der Waals surface area contributed by atoms with Crippen molar-refractivity contribution < 1.29 is 4.74 Å². The average molecular weight is 282 g/mol. The Morgan fingerprint density at radius 1 is 1.05 bits per heavy atom. The quantitative estimate of drug-likeness (QED) is 0.933. The van der Waals surface area contributed by atoms with Gasteiger partial charge >= 0.3 is 0 Å². The fourth-order valence-corrected chi connectivity index (χ4v) is 2.66. The first-order valence-corrected chi connectivity index (χ1v) is 7.55. The summed E-state index contributed by atoms with van der Waals surface area (Å²) < 4.78 is 5.94. The molecular weight excluding hydrogens is 260 g/mol. The van der Waals surface area contributed by atoms with Crippen molar-refractivity contribution in [2.45, 2.75) is 13.5 Å². The number of nitrogens with zero attached hydrogens (tertiary/aromatic N) is 1. The highest BCUT2D eigenvalue weighted by atomic mass is 16.5. The summed E-state index contributed by atoms with van der Waals surface area (Å²) in [6, 6.07) is 16.9. The molecule has 1 N–H and O–H groups in total. The minimum atomic E-state index is 0.618. The molecule has 0 atom stereocenters. The molecule has 1 heterocycles. The van der Waals surface area contributed by atoms with E-state index in [2.05, 4.69) is 59.6 Å². The van der Waals surface area contributed by atoms with Crippen molar-refractivity contribution in [3.63, 3.8) is 0 Å². The van der Waals surface area contributed by atoms with Crippen molar-refractivity contribution in [2.75, 3.05) is 31.1 Å². The Hall–Kier alpha value is -2.00. The molecule has 3 nitrogen and oxygen atoms in total. The number of anilines is 1. The first-order valence-electron chi connectivity index (χ1n) is 7.55. The van der Waals surface area contributed by atoms with E-state index in [0.29, 0.717) is 6.61 Å². The molecule has 0 unspecified atom stereocenters. The van der Waals surface area contributed by atoms with Crippen LogP contribution < -0.4 is 15.0 Å². The van der Waals surface area contributed by atoms with Gasteiger partial charge in [0.15, 0.2) is 0 Å². The van der Waals surface area contributed by atoms with Crippen LogP contribution in [-0.2, 0) is 6.61 Å². The average Bonchev–Trinajstić information content (AvgIpc) is 2.54. The van der Waals surface area contributed by atoms with E-state index in [0.717, 1.165) is 31.9 Å². The fraction of sp³-hybridized carbons (Fsp3) is 0.333. The molecule has 0 bridgehead atoms. The molecule has 0 aliphatic carbocycles. The first kappa shape index (κ1) is 14.0. The minimum absolute atomic E-state index is 0.618. The molecule has 110 valence electrons. The highest BCUT2D eigenvalue weighted by Gasteiger charge is 2.10. The molecule has 0 aromatic heterocycles. The van der Waals surface area contributed by atoms with Crippen LogP contribution in [0.5, 0.6) is 5.75 Å². The lowest BCUT2D eigenvalue weighted by atomic mass is 10.1. The number of hydrogen-bond donors (Lipinski definition) is 1. The van der Waals surface area contributed by atoms with Crippen molar-refractivity contribution in [1.29, 1.82) is 0 Å². The number of piperazine rings is 1. The summed E-state index contributed by atoms with van der Waals surface area (Å²) >= 11 is 0. The number of benzene rings is 2. The van der Waals surface area contributed by atoms with Crippen LogP contribution in [-0.4, -0.2) is 26.2 Å². The van der Waals surface area contributed by atoms with Crippen molar-refractivity contribution in [3.8, 4) is 5.75 Å². The molecular formula is C18H22N2O. The number of aryl methyl sites for hydroxylation is 1. The predicted octanol–water partition coefficient (Wildman–Crippen LogP) is 2.98. The summed E-state index contributed by atoms with van der Waals surface area (Å²) in [6.45, 7) is 6.94. The third-order valence-corrected chi connectivity index (χ3v) is 3.79. The van der Waals surface area contributed by atoms with Crippen LogP contribution in [0.4, 0.5) is 5.69 Å². The Morgan fingerprint density at radius 2 is 1.86 bits per heavy atom. The highest BCUT2D eigenvalue weighted by molar-refractivity contribution is 5.51. The molecule has 3 heteroatoms. The van der Waals surface area contributed by atoms with E-state index in [1.54, 1.807) is 0 Å². The maximum absolute atomic E-state index is 5.94. The summed E-state index contributed by atoms with van der Waals surface area (Å²) in [7, 11) is 0. The SMILES string of the molecule is Cc1cccc(COc2cccc(N3CCNCC3)c2)c1. The van der Waals surface area contributed by atoms with Gasteiger partial charge in [0, 0.05) is 37.9 Å². The van der Waals surface area contributed by atoms with Gasteiger partial charge in [0.05, 0.1) is 0 Å². The van der Waals surface area contributed by atoms with E-state index >= 15 is 0 Å². The first-order chi connectivity index (χ1) is 10.3. The van der Waals surface area contributed by atoms with Crippen molar-refractivity contribution >= 4 is 5.69 Å². The largest absolute Gasteiger partial charge is 0.489 e. The van der Waals surface area contributed by atoms with E-state index < -0.39 is 0 Å². The van der Waals surface area contributed by atoms with Gasteiger partial charge in [-0.3, -0.25) is 0 Å². The van der Waals surface area contributed by atoms with Gasteiger partial charge in [-0.1, -0.05) is 35.9 Å². The summed E-state index contributed by atoms with van der Waals surface area (Å²) in [5.74, 6) is 0.938. The molecule has 3 rings (SSSR count). The normalized spacial score (nSPS) is 15.0. The molecule has 0 amide bonds. The number of rotatable bonds is 4. The Bertz CT molecular complexity index is 591. The number of hydrogen-bond acceptors (Lipinski definition) is 3. The smallest absolute Gasteiger partial charge is 0.121 e. The second-order valence-electron chi connectivity index (χ2n) is 5.51. The molecule has 1 fully saturated rings. The number of nitrogens with one attached hydrogen (secondary N) is 1. The van der Waals surface area contributed by atoms with Gasteiger partial charge in [-0.25, -0.2) is 0 Å². The molecule has 1 aliphatic heterocycles. The molecule has 21 heavy (non-hydrogen) atoms. The Kier molecular flexibility index (Phi) is 4.41. The zero-order valence-electron chi connectivity index (χ0n) is 12.5. The predicted molar refractivity (Wildman–Crippen MR) is 87.0 cm³/mol. The van der Waals surface area contributed by atoms with Gasteiger partial charge < -0.3 is 15.0 Å². The zero-order valence-corrected chi connectivity index (χ0v) is 12.5. The third-order valence-electron chi connectivity index (χ3n) is 3.79. The van der Waals surface area contributed by atoms with Gasteiger partial charge in [-0.05, 0) is 24.6 Å². The Balaban J connectivity index is 1.65. The van der Waals surface area contributed by atoms with Crippen molar-refractivity contribution in [3.05, 3.63) is 59.7 Å². The number of ether oxygens (including phenoxy) is 1. The van der Waals surface area contributed by atoms with Crippen LogP contribution in [0.2, 0.25) is 0 Å². The highest BCUT2D eigenvalue weighted by Crippen LogP contribution is 2.22. The van der Waals surface area contributed by atoms with Crippen LogP contribution in [0.3, 0.4) is 0 Å². The molecule has 0 spiro atoms. The lowest BCUT2D eigenvalue weighted by Crippen LogP contribution is -2.43. The molecule has 2 aromatic carbocycles. The fourth-order valence-electron chi connectivity index (χ4n) is 2.66. The van der Waals surface area contributed by atoms with Gasteiger partial charge in [0.25, 0.3) is 0 Å². The van der Waals surface area contributed by atoms with E-state index in [9.17, 15) is 0 Å². The third kappa shape index (κ3) is 3.76. The molecule has 1 aliphatic rings. The van der Waals surface area contributed by atoms with Crippen LogP contribution in [0.1, 0.15) is 11.1 Å². The van der Waals surface area contributed by atoms with E-state index in [1.807, 2.05) is 6.07 Å². The van der Waals surface area contributed by atoms with Gasteiger partial charge in [0.1, 0.15) is 12.4 Å². The Labute approximate surface area is 126 Å². The van der Waals surface area contributed by atoms with Crippen LogP contribution in [0.15, 0.2) is 48.5 Å². The van der Waals surface area contributed by atoms with Crippen molar-refractivity contribution in [2.24, 2.45) is 0 Å². The van der Waals surface area contributed by atoms with E-state index in [1.165, 1.54) is 16.8 Å². The summed E-state index contributed by atoms with van der Waals surface area (Å²) in [4.78, 5) is 2.40. The summed E-state index contributed by atoms with van der Waals surface area (Å²) in [5.41, 5.74) is 3.73. The monoisotopic (exact) mass is 282 g/mol. The maximum Gasteiger partial charge on any atom is 0.121 e. The van der Waals surface area contributed by atoms with Crippen LogP contribution in [0, 0.1) is 6.92 Å². The molecule has 2 aromatic rings. The van der Waals surface area contributed by atoms with Crippen molar-refractivity contribution in [1.82, 2.24) is 5.32 Å². The molecule has 1 saturated heterocycles. The second kappa shape index (κ2) is 6.64. The summed E-state index contributed by atoms with van der Waals surface area (Å²) in [6.07, 6.45) is 0.